The number of ether oxygens (including phenoxy) is 2. The first-order chi connectivity index (χ1) is 13.2. The van der Waals surface area contributed by atoms with E-state index in [-0.39, 0.29) is 34.6 Å². The third-order valence-electron chi connectivity index (χ3n) is 3.65. The van der Waals surface area contributed by atoms with Crippen molar-refractivity contribution in [1.82, 2.24) is 5.32 Å². The number of amides is 1. The molecule has 0 aromatic carbocycles. The van der Waals surface area contributed by atoms with Crippen LogP contribution in [0.3, 0.4) is 0 Å². The van der Waals surface area contributed by atoms with Crippen molar-refractivity contribution in [2.24, 2.45) is 5.41 Å². The number of nitrogens with one attached hydrogen (secondary N) is 2. The van der Waals surface area contributed by atoms with Crippen LogP contribution >= 0.6 is 46.1 Å². The van der Waals surface area contributed by atoms with Gasteiger partial charge in [-0.2, -0.15) is 0 Å². The van der Waals surface area contributed by atoms with Crippen LogP contribution in [0.4, 0.5) is 5.00 Å². The van der Waals surface area contributed by atoms with Crippen LogP contribution in [0.2, 0.25) is 0 Å². The number of thiophene rings is 1. The molecule has 0 radical (unpaired) electrons. The Kier molecular flexibility index (Phi) is 9.08. The molecular weight excluding hydrogens is 463 g/mol. The van der Waals surface area contributed by atoms with Crippen LogP contribution in [-0.4, -0.2) is 41.0 Å². The van der Waals surface area contributed by atoms with Crippen LogP contribution < -0.4 is 10.6 Å². The van der Waals surface area contributed by atoms with E-state index >= 15 is 0 Å². The summed E-state index contributed by atoms with van der Waals surface area (Å²) in [6, 6.07) is 0. The van der Waals surface area contributed by atoms with Gasteiger partial charge in [0.2, 0.25) is 9.70 Å². The second-order valence-corrected chi connectivity index (χ2v) is 10.4. The van der Waals surface area contributed by atoms with Crippen molar-refractivity contribution in [3.8, 4) is 0 Å². The van der Waals surface area contributed by atoms with Gasteiger partial charge in [0, 0.05) is 5.41 Å². The minimum atomic E-state index is -1.95. The van der Waals surface area contributed by atoms with Gasteiger partial charge in [-0.05, 0) is 26.3 Å². The van der Waals surface area contributed by atoms with Gasteiger partial charge in [-0.25, -0.2) is 9.59 Å². The number of halogens is 3. The molecule has 1 atom stereocenters. The van der Waals surface area contributed by atoms with Crippen LogP contribution in [0.1, 0.15) is 60.2 Å². The molecule has 0 saturated carbocycles. The molecule has 7 nitrogen and oxygen atoms in total. The Hall–Kier alpha value is -1.22. The largest absolute Gasteiger partial charge is 0.462 e. The molecule has 0 aliphatic carbocycles. The summed E-state index contributed by atoms with van der Waals surface area (Å²) in [5.74, 6) is -1.61. The van der Waals surface area contributed by atoms with Gasteiger partial charge in [-0.1, -0.05) is 55.6 Å². The number of hydrogen-bond acceptors (Lipinski definition) is 7. The lowest BCUT2D eigenvalue weighted by Gasteiger charge is -2.30. The molecule has 0 aliphatic heterocycles. The zero-order chi connectivity index (χ0) is 22.6. The number of carbonyl (C=O) groups excluding carboxylic acids is 3. The Balaban J connectivity index is 3.40. The molecule has 1 rings (SSSR count). The van der Waals surface area contributed by atoms with Crippen LogP contribution in [0, 0.1) is 12.3 Å². The summed E-state index contributed by atoms with van der Waals surface area (Å²) in [5, 5.41) is 5.71. The zero-order valence-electron chi connectivity index (χ0n) is 17.1. The molecular formula is C18H25Cl3N2O5S. The first kappa shape index (κ1) is 25.8. The van der Waals surface area contributed by atoms with Gasteiger partial charge in [0.05, 0.1) is 18.8 Å². The first-order valence-corrected chi connectivity index (χ1v) is 10.8. The quantitative estimate of drug-likeness (QED) is 0.329. The van der Waals surface area contributed by atoms with Gasteiger partial charge < -0.3 is 20.1 Å². The molecule has 0 fully saturated rings. The molecule has 1 heterocycles. The van der Waals surface area contributed by atoms with Crippen molar-refractivity contribution in [1.29, 1.82) is 0 Å². The molecule has 1 aromatic rings. The summed E-state index contributed by atoms with van der Waals surface area (Å²) in [4.78, 5) is 37.4. The summed E-state index contributed by atoms with van der Waals surface area (Å²) in [7, 11) is 0. The minimum Gasteiger partial charge on any atom is -0.462 e. The van der Waals surface area contributed by atoms with Gasteiger partial charge in [0.15, 0.2) is 0 Å². The van der Waals surface area contributed by atoms with E-state index in [0.29, 0.717) is 5.56 Å². The monoisotopic (exact) mass is 486 g/mol. The van der Waals surface area contributed by atoms with E-state index in [4.69, 9.17) is 44.3 Å². The summed E-state index contributed by atoms with van der Waals surface area (Å²) in [5.41, 5.74) is -0.259. The Labute approximate surface area is 189 Å². The van der Waals surface area contributed by atoms with Gasteiger partial charge >= 0.3 is 11.9 Å². The number of alkyl halides is 3. The molecule has 2 N–H and O–H groups in total. The Morgan fingerprint density at radius 3 is 2.00 bits per heavy atom. The molecule has 1 aromatic heterocycles. The standard InChI is InChI=1S/C18H25Cl3N2O5S/c1-7-27-13(24)10-9(3)11(14(25)28-8-2)29-12(10)22-15(18(19,20)21)23-16(26)17(4,5)6/h15,22H,7-8H2,1-6H3,(H,23,26)/t15-/m1/s1. The van der Waals surface area contributed by atoms with E-state index < -0.39 is 27.3 Å². The van der Waals surface area contributed by atoms with E-state index in [1.54, 1.807) is 41.5 Å². The van der Waals surface area contributed by atoms with E-state index in [1.807, 2.05) is 0 Å². The lowest BCUT2D eigenvalue weighted by Crippen LogP contribution is -2.52. The average molecular weight is 488 g/mol. The van der Waals surface area contributed by atoms with Gasteiger partial charge in [0.1, 0.15) is 16.0 Å². The number of carbonyl (C=O) groups is 3. The predicted molar refractivity (Wildman–Crippen MR) is 116 cm³/mol. The Bertz CT molecular complexity index is 769. The van der Waals surface area contributed by atoms with Crippen LogP contribution in [0.25, 0.3) is 0 Å². The van der Waals surface area contributed by atoms with Crippen molar-refractivity contribution in [3.05, 3.63) is 16.0 Å². The molecule has 0 aliphatic rings. The maximum atomic E-state index is 12.5. The minimum absolute atomic E-state index is 0.115. The summed E-state index contributed by atoms with van der Waals surface area (Å²) in [6.07, 6.45) is -1.18. The molecule has 0 spiro atoms. The smallest absolute Gasteiger partial charge is 0.348 e. The van der Waals surface area contributed by atoms with Crippen molar-refractivity contribution < 1.29 is 23.9 Å². The van der Waals surface area contributed by atoms with Crippen molar-refractivity contribution >= 4 is 69.0 Å². The number of rotatable bonds is 7. The second kappa shape index (κ2) is 10.2. The lowest BCUT2D eigenvalue weighted by molar-refractivity contribution is -0.129. The average Bonchev–Trinajstić information content (AvgIpc) is 2.89. The third-order valence-corrected chi connectivity index (χ3v) is 5.50. The van der Waals surface area contributed by atoms with Gasteiger partial charge in [0.25, 0.3) is 0 Å². The second-order valence-electron chi connectivity index (χ2n) is 7.04. The molecule has 164 valence electrons. The molecule has 1 amide bonds. The fourth-order valence-corrected chi connectivity index (χ4v) is 3.58. The number of anilines is 1. The topological polar surface area (TPSA) is 93.7 Å². The van der Waals surface area contributed by atoms with E-state index in [1.165, 1.54) is 0 Å². The summed E-state index contributed by atoms with van der Waals surface area (Å²) < 4.78 is 8.19. The number of hydrogen-bond donors (Lipinski definition) is 2. The highest BCUT2D eigenvalue weighted by atomic mass is 35.6. The molecule has 0 unspecified atom stereocenters. The van der Waals surface area contributed by atoms with E-state index in [9.17, 15) is 14.4 Å². The Morgan fingerprint density at radius 2 is 1.55 bits per heavy atom. The van der Waals surface area contributed by atoms with Gasteiger partial charge in [-0.3, -0.25) is 4.79 Å². The highest BCUT2D eigenvalue weighted by Crippen LogP contribution is 2.38. The zero-order valence-corrected chi connectivity index (χ0v) is 20.2. The van der Waals surface area contributed by atoms with Gasteiger partial charge in [-0.15, -0.1) is 11.3 Å². The first-order valence-electron chi connectivity index (χ1n) is 8.85. The maximum absolute atomic E-state index is 12.5. The van der Waals surface area contributed by atoms with Crippen molar-refractivity contribution in [3.63, 3.8) is 0 Å². The van der Waals surface area contributed by atoms with Crippen LogP contribution in [0.15, 0.2) is 0 Å². The lowest BCUT2D eigenvalue weighted by atomic mass is 9.95. The van der Waals surface area contributed by atoms with Crippen molar-refractivity contribution in [2.75, 3.05) is 18.5 Å². The highest BCUT2D eigenvalue weighted by Gasteiger charge is 2.38. The fraction of sp³-hybridized carbons (Fsp3) is 0.611. The predicted octanol–water partition coefficient (Wildman–Crippen LogP) is 4.68. The normalized spacial score (nSPS) is 12.9. The molecule has 29 heavy (non-hydrogen) atoms. The third kappa shape index (κ3) is 6.91. The van der Waals surface area contributed by atoms with E-state index in [0.717, 1.165) is 11.3 Å². The van der Waals surface area contributed by atoms with Crippen molar-refractivity contribution in [2.45, 2.75) is 51.5 Å². The molecule has 0 bridgehead atoms. The van der Waals surface area contributed by atoms with Crippen LogP contribution in [0.5, 0.6) is 0 Å². The fourth-order valence-electron chi connectivity index (χ4n) is 2.13. The summed E-state index contributed by atoms with van der Waals surface area (Å²) >= 11 is 19.1. The van der Waals surface area contributed by atoms with E-state index in [2.05, 4.69) is 10.6 Å². The Morgan fingerprint density at radius 1 is 1.03 bits per heavy atom. The molecule has 0 saturated heterocycles. The summed E-state index contributed by atoms with van der Waals surface area (Å²) in [6.45, 7) is 10.4. The van der Waals surface area contributed by atoms with Crippen LogP contribution in [-0.2, 0) is 14.3 Å². The highest BCUT2D eigenvalue weighted by molar-refractivity contribution is 7.18. The molecule has 11 heteroatoms. The maximum Gasteiger partial charge on any atom is 0.348 e. The number of esters is 2. The SMILES string of the molecule is CCOC(=O)c1sc(N[C@H](NC(=O)C(C)(C)C)C(Cl)(Cl)Cl)c(C(=O)OCC)c1C.